The summed E-state index contributed by atoms with van der Waals surface area (Å²) in [4.78, 5) is 2.54. The molecule has 69 heavy (non-hydrogen) atoms. The highest BCUT2D eigenvalue weighted by Gasteiger charge is 2.52. The molecule has 2 nitrogen and oxygen atoms in total. The second-order valence-corrected chi connectivity index (χ2v) is 18.3. The molecule has 0 saturated heterocycles. The van der Waals surface area contributed by atoms with Crippen LogP contribution < -0.4 is 4.90 Å². The Labute approximate surface area is 401 Å². The van der Waals surface area contributed by atoms with Gasteiger partial charge in [-0.15, -0.1) is 0 Å². The Bertz CT molecular complexity index is 3790. The molecule has 1 spiro atoms. The number of para-hydroxylation sites is 3. The Morgan fingerprint density at radius 2 is 0.681 bits per heavy atom. The van der Waals surface area contributed by atoms with Crippen LogP contribution in [0, 0.1) is 0 Å². The first kappa shape index (κ1) is 39.2. The van der Waals surface area contributed by atoms with E-state index >= 15 is 0 Å². The normalized spacial score (nSPS) is 13.0. The second-order valence-electron chi connectivity index (χ2n) is 18.3. The number of fused-ring (bicyclic) bond motifs is 12. The fourth-order valence-corrected chi connectivity index (χ4v) is 11.8. The molecule has 12 aromatic rings. The molecule has 1 aromatic heterocycles. The van der Waals surface area contributed by atoms with E-state index in [1.165, 1.54) is 77.9 Å². The van der Waals surface area contributed by atoms with Crippen LogP contribution >= 0.6 is 0 Å². The number of hydrogen-bond donors (Lipinski definition) is 0. The zero-order valence-electron chi connectivity index (χ0n) is 37.7. The van der Waals surface area contributed by atoms with Crippen LogP contribution in [0.5, 0.6) is 0 Å². The Hall–Kier alpha value is -8.98. The summed E-state index contributed by atoms with van der Waals surface area (Å²) in [7, 11) is 0. The largest absolute Gasteiger partial charge is 0.455 e. The monoisotopic (exact) mass is 877 g/mol. The average molecular weight is 878 g/mol. The molecule has 0 N–H and O–H groups in total. The summed E-state index contributed by atoms with van der Waals surface area (Å²) in [5.41, 5.74) is 23.7. The molecule has 0 atom stereocenters. The molecule has 1 aliphatic heterocycles. The lowest BCUT2D eigenvalue weighted by Crippen LogP contribution is -2.36. The smallest absolute Gasteiger partial charge is 0.143 e. The first-order valence-electron chi connectivity index (χ1n) is 23.8. The summed E-state index contributed by atoms with van der Waals surface area (Å²) in [5, 5.41) is 2.23. The molecular formula is C67H43NO. The fraction of sp³-hybridized carbons (Fsp3) is 0.0149. The molecule has 11 aromatic carbocycles. The van der Waals surface area contributed by atoms with E-state index in [9.17, 15) is 0 Å². The van der Waals surface area contributed by atoms with Gasteiger partial charge in [-0.2, -0.15) is 0 Å². The number of furan rings is 1. The highest BCUT2D eigenvalue weighted by Crippen LogP contribution is 2.65. The van der Waals surface area contributed by atoms with Gasteiger partial charge in [-0.1, -0.05) is 224 Å². The summed E-state index contributed by atoms with van der Waals surface area (Å²) >= 11 is 0. The van der Waals surface area contributed by atoms with Crippen molar-refractivity contribution in [1.29, 1.82) is 0 Å². The SMILES string of the molecule is c1ccc(-c2ccccc2-c2ccc3c(c2)C2(c4ccccc4-c4ccccc42)c2cc(-c4ccccc4-c4ccccc4)ccc2N3c2ccccc2-c2cccc3c2oc2ccccc23)cc1. The predicted octanol–water partition coefficient (Wildman–Crippen LogP) is 18.1. The summed E-state index contributed by atoms with van der Waals surface area (Å²) in [5.74, 6) is 0. The third kappa shape index (κ3) is 5.86. The number of hydrogen-bond acceptors (Lipinski definition) is 2. The summed E-state index contributed by atoms with van der Waals surface area (Å²) in [6.45, 7) is 0. The fourth-order valence-electron chi connectivity index (χ4n) is 11.8. The number of rotatable bonds is 6. The molecule has 0 amide bonds. The topological polar surface area (TPSA) is 16.4 Å². The Morgan fingerprint density at radius 1 is 0.261 bits per heavy atom. The molecule has 2 heterocycles. The van der Waals surface area contributed by atoms with Crippen molar-refractivity contribution in [1.82, 2.24) is 0 Å². The third-order valence-corrected chi connectivity index (χ3v) is 14.7. The van der Waals surface area contributed by atoms with Crippen LogP contribution in [-0.4, -0.2) is 0 Å². The van der Waals surface area contributed by atoms with Crippen molar-refractivity contribution < 1.29 is 4.42 Å². The molecule has 0 radical (unpaired) electrons. The molecule has 0 unspecified atom stereocenters. The van der Waals surface area contributed by atoms with Crippen LogP contribution in [-0.2, 0) is 5.41 Å². The van der Waals surface area contributed by atoms with Gasteiger partial charge >= 0.3 is 0 Å². The van der Waals surface area contributed by atoms with Gasteiger partial charge in [0.05, 0.1) is 22.5 Å². The Morgan fingerprint density at radius 3 is 1.25 bits per heavy atom. The maximum absolute atomic E-state index is 6.78. The van der Waals surface area contributed by atoms with E-state index in [2.05, 4.69) is 260 Å². The van der Waals surface area contributed by atoms with Gasteiger partial charge in [0, 0.05) is 21.9 Å². The molecule has 2 aliphatic rings. The van der Waals surface area contributed by atoms with E-state index in [1.807, 2.05) is 6.07 Å². The Balaban J connectivity index is 1.11. The van der Waals surface area contributed by atoms with E-state index in [1.54, 1.807) is 0 Å². The predicted molar refractivity (Wildman–Crippen MR) is 286 cm³/mol. The van der Waals surface area contributed by atoms with Gasteiger partial charge in [0.2, 0.25) is 0 Å². The highest BCUT2D eigenvalue weighted by atomic mass is 16.3. The lowest BCUT2D eigenvalue weighted by atomic mass is 9.63. The third-order valence-electron chi connectivity index (χ3n) is 14.7. The maximum Gasteiger partial charge on any atom is 0.143 e. The minimum Gasteiger partial charge on any atom is -0.455 e. The van der Waals surface area contributed by atoms with Gasteiger partial charge in [-0.05, 0) is 114 Å². The molecule has 1 aliphatic carbocycles. The van der Waals surface area contributed by atoms with Gasteiger partial charge in [-0.3, -0.25) is 0 Å². The van der Waals surface area contributed by atoms with Crippen LogP contribution in [0.1, 0.15) is 22.3 Å². The van der Waals surface area contributed by atoms with E-state index in [0.29, 0.717) is 0 Å². The number of anilines is 3. The van der Waals surface area contributed by atoms with Crippen LogP contribution in [0.4, 0.5) is 17.1 Å². The average Bonchev–Trinajstić information content (AvgIpc) is 3.96. The number of nitrogens with zero attached hydrogens (tertiary/aromatic N) is 1. The van der Waals surface area contributed by atoms with E-state index in [-0.39, 0.29) is 0 Å². The lowest BCUT2D eigenvalue weighted by molar-refractivity contribution is 0.670. The van der Waals surface area contributed by atoms with Crippen LogP contribution in [0.15, 0.2) is 265 Å². The molecular weight excluding hydrogens is 835 g/mol. The summed E-state index contributed by atoms with van der Waals surface area (Å²) < 4.78 is 6.78. The quantitative estimate of drug-likeness (QED) is 0.165. The van der Waals surface area contributed by atoms with Crippen molar-refractivity contribution >= 4 is 39.0 Å². The van der Waals surface area contributed by atoms with Crippen molar-refractivity contribution in [2.75, 3.05) is 4.90 Å². The lowest BCUT2D eigenvalue weighted by Gasteiger charge is -2.46. The summed E-state index contributed by atoms with van der Waals surface area (Å²) in [6, 6.07) is 95.8. The van der Waals surface area contributed by atoms with Gasteiger partial charge in [0.25, 0.3) is 0 Å². The minimum absolute atomic E-state index is 0.683. The minimum atomic E-state index is -0.683. The van der Waals surface area contributed by atoms with Gasteiger partial charge < -0.3 is 9.32 Å². The first-order chi connectivity index (χ1) is 34.3. The molecule has 0 bridgehead atoms. The van der Waals surface area contributed by atoms with Crippen molar-refractivity contribution in [2.45, 2.75) is 5.41 Å². The maximum atomic E-state index is 6.78. The van der Waals surface area contributed by atoms with E-state index in [0.717, 1.165) is 50.1 Å². The standard InChI is InChI=1S/C67H43NO/c1-3-20-44(21-4-1)48-24-7-9-26-50(48)46-38-40-63-60(42-46)67(58-34-15-11-28-52(58)53-29-12-16-35-59(53)67)61-43-47(51-27-10-8-25-49(51)45-22-5-2-6-23-45)39-41-64(61)68(63)62-36-17-13-30-54(62)56-32-19-33-57-55-31-14-18-37-65(55)69-66(56)57/h1-43H. The summed E-state index contributed by atoms with van der Waals surface area (Å²) in [6.07, 6.45) is 0. The molecule has 2 heteroatoms. The van der Waals surface area contributed by atoms with Gasteiger partial charge in [0.15, 0.2) is 0 Å². The van der Waals surface area contributed by atoms with Crippen molar-refractivity contribution in [3.8, 4) is 66.8 Å². The van der Waals surface area contributed by atoms with Gasteiger partial charge in [0.1, 0.15) is 11.2 Å². The van der Waals surface area contributed by atoms with E-state index in [4.69, 9.17) is 4.42 Å². The van der Waals surface area contributed by atoms with E-state index < -0.39 is 5.41 Å². The highest BCUT2D eigenvalue weighted by molar-refractivity contribution is 6.11. The number of benzene rings is 11. The second kappa shape index (κ2) is 15.6. The van der Waals surface area contributed by atoms with Crippen LogP contribution in [0.3, 0.4) is 0 Å². The van der Waals surface area contributed by atoms with Crippen LogP contribution in [0.2, 0.25) is 0 Å². The first-order valence-corrected chi connectivity index (χ1v) is 23.8. The van der Waals surface area contributed by atoms with Crippen molar-refractivity contribution in [3.63, 3.8) is 0 Å². The van der Waals surface area contributed by atoms with Gasteiger partial charge in [-0.25, -0.2) is 0 Å². The zero-order chi connectivity index (χ0) is 45.5. The zero-order valence-corrected chi connectivity index (χ0v) is 37.7. The molecule has 0 saturated carbocycles. The van der Waals surface area contributed by atoms with Crippen molar-refractivity contribution in [2.24, 2.45) is 0 Å². The molecule has 14 rings (SSSR count). The van der Waals surface area contributed by atoms with Crippen molar-refractivity contribution in [3.05, 3.63) is 283 Å². The Kier molecular flexibility index (Phi) is 8.84. The molecule has 322 valence electrons. The van der Waals surface area contributed by atoms with Crippen LogP contribution in [0.25, 0.3) is 88.7 Å². The molecule has 0 fully saturated rings.